The van der Waals surface area contributed by atoms with Crippen LogP contribution in [0.1, 0.15) is 11.6 Å². The lowest BCUT2D eigenvalue weighted by Gasteiger charge is -2.37. The summed E-state index contributed by atoms with van der Waals surface area (Å²) in [6.07, 6.45) is -4.37. The summed E-state index contributed by atoms with van der Waals surface area (Å²) in [6, 6.07) is 8.90. The molecule has 24 heavy (non-hydrogen) atoms. The second kappa shape index (κ2) is 7.59. The largest absolute Gasteiger partial charge is 0.496 e. The minimum Gasteiger partial charge on any atom is -0.496 e. The molecule has 2 aromatic rings. The first kappa shape index (κ1) is 18.8. The van der Waals surface area contributed by atoms with Crippen molar-refractivity contribution in [3.8, 4) is 5.75 Å². The van der Waals surface area contributed by atoms with Crippen molar-refractivity contribution in [1.82, 2.24) is 10.2 Å². The lowest BCUT2D eigenvalue weighted by atomic mass is 9.95. The van der Waals surface area contributed by atoms with Gasteiger partial charge >= 0.3 is 6.18 Å². The van der Waals surface area contributed by atoms with Crippen molar-refractivity contribution >= 4 is 23.2 Å². The van der Waals surface area contributed by atoms with E-state index in [4.69, 9.17) is 4.74 Å². The van der Waals surface area contributed by atoms with Gasteiger partial charge in [-0.2, -0.15) is 13.2 Å². The number of hydrogen-bond donors (Lipinski definition) is 1. The van der Waals surface area contributed by atoms with Gasteiger partial charge in [-0.15, -0.1) is 12.4 Å². The maximum absolute atomic E-state index is 13.9. The Morgan fingerprint density at radius 2 is 1.75 bits per heavy atom. The standard InChI is InChI=1S/C17H19F3N2O.ClH/c1-23-14-7-6-12-4-2-3-5-13(12)15(14)16(17(18,19)20)22-10-8-21-9-11-22;/h2-7,16,21H,8-11H2,1H3;1H/t16-;/m1./s1. The Hall–Kier alpha value is -1.50. The summed E-state index contributed by atoms with van der Waals surface area (Å²) in [5.41, 5.74) is 0.208. The fourth-order valence-electron chi connectivity index (χ4n) is 3.23. The van der Waals surface area contributed by atoms with Gasteiger partial charge in [-0.25, -0.2) is 0 Å². The lowest BCUT2D eigenvalue weighted by molar-refractivity contribution is -0.187. The fraction of sp³-hybridized carbons (Fsp3) is 0.412. The molecule has 1 aliphatic rings. The number of hydrogen-bond acceptors (Lipinski definition) is 3. The molecule has 1 aliphatic heterocycles. The average molecular weight is 361 g/mol. The first-order valence-electron chi connectivity index (χ1n) is 7.59. The van der Waals surface area contributed by atoms with Crippen molar-refractivity contribution < 1.29 is 17.9 Å². The molecule has 7 heteroatoms. The van der Waals surface area contributed by atoms with Crippen LogP contribution in [0.15, 0.2) is 36.4 Å². The highest BCUT2D eigenvalue weighted by atomic mass is 35.5. The summed E-state index contributed by atoms with van der Waals surface area (Å²) < 4.78 is 47.0. The summed E-state index contributed by atoms with van der Waals surface area (Å²) in [5.74, 6) is 0.282. The van der Waals surface area contributed by atoms with Crippen molar-refractivity contribution in [3.63, 3.8) is 0 Å². The van der Waals surface area contributed by atoms with Gasteiger partial charge in [0.2, 0.25) is 0 Å². The fourth-order valence-corrected chi connectivity index (χ4v) is 3.23. The number of ether oxygens (including phenoxy) is 1. The van der Waals surface area contributed by atoms with E-state index in [1.165, 1.54) is 12.0 Å². The molecule has 1 atom stereocenters. The smallest absolute Gasteiger partial charge is 0.408 e. The lowest BCUT2D eigenvalue weighted by Crippen LogP contribution is -2.49. The first-order chi connectivity index (χ1) is 11.0. The highest BCUT2D eigenvalue weighted by Gasteiger charge is 2.46. The number of methoxy groups -OCH3 is 1. The normalized spacial score (nSPS) is 17.3. The molecule has 3 nitrogen and oxygen atoms in total. The van der Waals surface area contributed by atoms with Crippen LogP contribution in [0.25, 0.3) is 10.8 Å². The zero-order valence-electron chi connectivity index (χ0n) is 13.3. The molecule has 1 N–H and O–H groups in total. The van der Waals surface area contributed by atoms with Gasteiger partial charge in [-0.1, -0.05) is 30.3 Å². The van der Waals surface area contributed by atoms with E-state index in [-0.39, 0.29) is 23.7 Å². The predicted molar refractivity (Wildman–Crippen MR) is 91.0 cm³/mol. The van der Waals surface area contributed by atoms with Crippen molar-refractivity contribution in [2.45, 2.75) is 12.2 Å². The van der Waals surface area contributed by atoms with Gasteiger partial charge in [0.15, 0.2) is 0 Å². The zero-order chi connectivity index (χ0) is 16.4. The van der Waals surface area contributed by atoms with E-state index in [0.717, 1.165) is 5.39 Å². The number of benzene rings is 2. The monoisotopic (exact) mass is 360 g/mol. The molecule has 0 radical (unpaired) electrons. The number of fused-ring (bicyclic) bond motifs is 1. The molecule has 132 valence electrons. The van der Waals surface area contributed by atoms with E-state index in [9.17, 15) is 13.2 Å². The molecule has 0 bridgehead atoms. The Morgan fingerprint density at radius 3 is 2.38 bits per heavy atom. The maximum Gasteiger partial charge on any atom is 0.408 e. The van der Waals surface area contributed by atoms with Gasteiger partial charge in [0.1, 0.15) is 11.8 Å². The topological polar surface area (TPSA) is 24.5 Å². The van der Waals surface area contributed by atoms with Crippen LogP contribution < -0.4 is 10.1 Å². The van der Waals surface area contributed by atoms with E-state index in [1.54, 1.807) is 24.3 Å². The minimum atomic E-state index is -4.37. The minimum absolute atomic E-state index is 0. The molecule has 0 aliphatic carbocycles. The summed E-state index contributed by atoms with van der Waals surface area (Å²) in [7, 11) is 1.42. The van der Waals surface area contributed by atoms with Crippen molar-refractivity contribution in [2.75, 3.05) is 33.3 Å². The van der Waals surface area contributed by atoms with Crippen LogP contribution in [-0.2, 0) is 0 Å². The molecule has 1 saturated heterocycles. The van der Waals surface area contributed by atoms with Crippen molar-refractivity contribution in [1.29, 1.82) is 0 Å². The van der Waals surface area contributed by atoms with Crippen LogP contribution in [0.4, 0.5) is 13.2 Å². The number of alkyl halides is 3. The van der Waals surface area contributed by atoms with Crippen molar-refractivity contribution in [3.05, 3.63) is 42.0 Å². The van der Waals surface area contributed by atoms with E-state index < -0.39 is 12.2 Å². The Bertz CT molecular complexity index is 687. The van der Waals surface area contributed by atoms with Crippen LogP contribution in [0.2, 0.25) is 0 Å². The van der Waals surface area contributed by atoms with Gasteiger partial charge in [0.05, 0.1) is 7.11 Å². The van der Waals surface area contributed by atoms with E-state index in [2.05, 4.69) is 5.32 Å². The molecule has 0 aromatic heterocycles. The highest BCUT2D eigenvalue weighted by Crippen LogP contribution is 2.44. The summed E-state index contributed by atoms with van der Waals surface area (Å²) in [5, 5.41) is 4.47. The molecule has 0 unspecified atom stereocenters. The molecular weight excluding hydrogens is 341 g/mol. The van der Waals surface area contributed by atoms with Crippen LogP contribution >= 0.6 is 12.4 Å². The van der Waals surface area contributed by atoms with Gasteiger partial charge in [-0.05, 0) is 16.8 Å². The van der Waals surface area contributed by atoms with Crippen LogP contribution in [0.3, 0.4) is 0 Å². The van der Waals surface area contributed by atoms with Crippen LogP contribution in [-0.4, -0.2) is 44.4 Å². The molecule has 2 aromatic carbocycles. The Kier molecular flexibility index (Phi) is 5.96. The Balaban J connectivity index is 0.00000208. The third kappa shape index (κ3) is 3.61. The number of nitrogens with one attached hydrogen (secondary N) is 1. The van der Waals surface area contributed by atoms with Crippen molar-refractivity contribution in [2.24, 2.45) is 0 Å². The van der Waals surface area contributed by atoms with E-state index in [1.807, 2.05) is 12.1 Å². The SMILES string of the molecule is COc1ccc2ccccc2c1[C@@H](N1CCNCC1)C(F)(F)F.Cl. The first-order valence-corrected chi connectivity index (χ1v) is 7.59. The zero-order valence-corrected chi connectivity index (χ0v) is 14.1. The summed E-state index contributed by atoms with van der Waals surface area (Å²) in [4.78, 5) is 1.49. The molecule has 0 spiro atoms. The number of halogens is 4. The second-order valence-electron chi connectivity index (χ2n) is 5.63. The molecule has 1 fully saturated rings. The Labute approximate surface area is 145 Å². The van der Waals surface area contributed by atoms with E-state index >= 15 is 0 Å². The molecule has 0 saturated carbocycles. The van der Waals surface area contributed by atoms with Gasteiger partial charge in [-0.3, -0.25) is 4.90 Å². The van der Waals surface area contributed by atoms with Gasteiger partial charge in [0, 0.05) is 31.7 Å². The summed E-state index contributed by atoms with van der Waals surface area (Å²) in [6.45, 7) is 1.83. The highest BCUT2D eigenvalue weighted by molar-refractivity contribution is 5.88. The van der Waals surface area contributed by atoms with Crippen LogP contribution in [0.5, 0.6) is 5.75 Å². The van der Waals surface area contributed by atoms with E-state index in [0.29, 0.717) is 31.6 Å². The predicted octanol–water partition coefficient (Wildman–Crippen LogP) is 3.78. The maximum atomic E-state index is 13.9. The average Bonchev–Trinajstić information content (AvgIpc) is 2.55. The third-order valence-electron chi connectivity index (χ3n) is 4.25. The third-order valence-corrected chi connectivity index (χ3v) is 4.25. The molecule has 3 rings (SSSR count). The van der Waals surface area contributed by atoms with Gasteiger partial charge in [0.25, 0.3) is 0 Å². The second-order valence-corrected chi connectivity index (χ2v) is 5.63. The Morgan fingerprint density at radius 1 is 1.08 bits per heavy atom. The van der Waals surface area contributed by atoms with Gasteiger partial charge < -0.3 is 10.1 Å². The number of piperazine rings is 1. The molecular formula is C17H20ClF3N2O. The quantitative estimate of drug-likeness (QED) is 0.901. The molecule has 1 heterocycles. The molecule has 0 amide bonds. The van der Waals surface area contributed by atoms with Crippen LogP contribution in [0, 0.1) is 0 Å². The number of nitrogens with zero attached hydrogens (tertiary/aromatic N) is 1. The number of rotatable bonds is 3. The summed E-state index contributed by atoms with van der Waals surface area (Å²) >= 11 is 0.